The lowest BCUT2D eigenvalue weighted by Gasteiger charge is -2.14. The Bertz CT molecular complexity index is 1350. The molecule has 1 aliphatic rings. The number of halogens is 6. The van der Waals surface area contributed by atoms with Gasteiger partial charge in [0.05, 0.1) is 31.5 Å². The van der Waals surface area contributed by atoms with E-state index in [4.69, 9.17) is 74.3 Å². The normalized spacial score (nSPS) is 14.8. The Labute approximate surface area is 235 Å². The van der Waals surface area contributed by atoms with Crippen LogP contribution in [-0.4, -0.2) is 16.0 Å². The summed E-state index contributed by atoms with van der Waals surface area (Å²) in [4.78, 5) is 26.7. The third-order valence-corrected chi connectivity index (χ3v) is 7.70. The monoisotopic (exact) mass is 605 g/mol. The summed E-state index contributed by atoms with van der Waals surface area (Å²) in [6, 6.07) is 13.2. The summed E-state index contributed by atoms with van der Waals surface area (Å²) < 4.78 is 5.77. The van der Waals surface area contributed by atoms with Gasteiger partial charge in [-0.2, -0.15) is 0 Å². The number of hydrogen-bond donors (Lipinski definition) is 0. The van der Waals surface area contributed by atoms with Crippen LogP contribution in [0.4, 0.5) is 4.79 Å². The van der Waals surface area contributed by atoms with Gasteiger partial charge in [-0.05, 0) is 70.9 Å². The molecule has 1 heterocycles. The van der Waals surface area contributed by atoms with Gasteiger partial charge in [0.2, 0.25) is 0 Å². The first-order valence-corrected chi connectivity index (χ1v) is 13.0. The third-order valence-electron chi connectivity index (χ3n) is 4.90. The van der Waals surface area contributed by atoms with E-state index in [-0.39, 0.29) is 33.9 Å². The summed E-state index contributed by atoms with van der Waals surface area (Å²) >= 11 is 37.7. The van der Waals surface area contributed by atoms with Crippen LogP contribution in [0.1, 0.15) is 16.7 Å². The van der Waals surface area contributed by atoms with E-state index in [9.17, 15) is 9.59 Å². The summed E-state index contributed by atoms with van der Waals surface area (Å²) in [5.74, 6) is -0.166. The van der Waals surface area contributed by atoms with Gasteiger partial charge < -0.3 is 4.74 Å². The number of nitrogens with zero attached hydrogens (tertiary/aromatic N) is 1. The van der Waals surface area contributed by atoms with Crippen molar-refractivity contribution in [2.24, 2.45) is 0 Å². The molecule has 0 aromatic heterocycles. The van der Waals surface area contributed by atoms with Crippen LogP contribution in [0.2, 0.25) is 30.1 Å². The number of imide groups is 1. The van der Waals surface area contributed by atoms with Crippen LogP contribution in [0, 0.1) is 0 Å². The van der Waals surface area contributed by atoms with E-state index in [0.29, 0.717) is 31.2 Å². The predicted molar refractivity (Wildman–Crippen MR) is 145 cm³/mol. The molecule has 1 fully saturated rings. The van der Waals surface area contributed by atoms with Crippen molar-refractivity contribution in [1.29, 1.82) is 0 Å². The maximum absolute atomic E-state index is 12.9. The zero-order valence-electron chi connectivity index (χ0n) is 17.5. The highest BCUT2D eigenvalue weighted by Gasteiger charge is 2.35. The van der Waals surface area contributed by atoms with Crippen molar-refractivity contribution in [1.82, 2.24) is 4.90 Å². The van der Waals surface area contributed by atoms with Gasteiger partial charge in [0.1, 0.15) is 6.61 Å². The highest BCUT2D eigenvalue weighted by molar-refractivity contribution is 8.18. The number of carbonyl (C=O) groups is 2. The molecule has 0 aliphatic carbocycles. The second-order valence-electron chi connectivity index (χ2n) is 7.35. The van der Waals surface area contributed by atoms with Crippen LogP contribution in [0.3, 0.4) is 0 Å². The van der Waals surface area contributed by atoms with E-state index in [1.54, 1.807) is 54.6 Å². The zero-order valence-corrected chi connectivity index (χ0v) is 22.8. The molecule has 0 atom stereocenters. The van der Waals surface area contributed by atoms with E-state index < -0.39 is 11.1 Å². The molecule has 1 saturated heterocycles. The first-order valence-electron chi connectivity index (χ1n) is 9.87. The molecule has 0 unspecified atom stereocenters. The molecule has 1 aliphatic heterocycles. The molecule has 0 radical (unpaired) electrons. The second kappa shape index (κ2) is 11.2. The quantitative estimate of drug-likeness (QED) is 0.262. The average molecular weight is 608 g/mol. The number of thioether (sulfide) groups is 1. The number of carbonyl (C=O) groups excluding carboxylic acids is 2. The lowest BCUT2D eigenvalue weighted by molar-refractivity contribution is -0.123. The minimum Gasteiger partial charge on any atom is -0.486 e. The van der Waals surface area contributed by atoms with Crippen molar-refractivity contribution in [3.8, 4) is 5.75 Å². The molecule has 4 rings (SSSR count). The summed E-state index contributed by atoms with van der Waals surface area (Å²) in [5.41, 5.74) is 1.93. The molecular formula is C24H13Cl6NO3S. The first-order chi connectivity index (χ1) is 16.6. The SMILES string of the molecule is O=C1S/C(=C\c2cc(Cl)c(OCc3ccc(Cl)c(Cl)c3)c(Cl)c2)C(=O)N1Cc1ccc(Cl)cc1Cl. The molecule has 0 spiro atoms. The molecule has 35 heavy (non-hydrogen) atoms. The van der Waals surface area contributed by atoms with Crippen molar-refractivity contribution < 1.29 is 14.3 Å². The van der Waals surface area contributed by atoms with Crippen LogP contribution in [0.5, 0.6) is 5.75 Å². The van der Waals surface area contributed by atoms with Crippen LogP contribution in [0.15, 0.2) is 53.4 Å². The van der Waals surface area contributed by atoms with E-state index in [1.807, 2.05) is 0 Å². The Morgan fingerprint density at radius 2 is 1.51 bits per heavy atom. The Morgan fingerprint density at radius 3 is 2.17 bits per heavy atom. The Balaban J connectivity index is 1.50. The maximum atomic E-state index is 12.9. The fourth-order valence-corrected chi connectivity index (χ4v) is 5.43. The van der Waals surface area contributed by atoms with Crippen LogP contribution < -0.4 is 4.74 Å². The van der Waals surface area contributed by atoms with Gasteiger partial charge in [0.25, 0.3) is 11.1 Å². The molecule has 0 saturated carbocycles. The number of amides is 2. The maximum Gasteiger partial charge on any atom is 0.293 e. The fourth-order valence-electron chi connectivity index (χ4n) is 3.19. The van der Waals surface area contributed by atoms with Crippen molar-refractivity contribution in [2.75, 3.05) is 0 Å². The molecule has 0 N–H and O–H groups in total. The molecular weight excluding hydrogens is 595 g/mol. The van der Waals surface area contributed by atoms with Crippen molar-refractivity contribution in [2.45, 2.75) is 13.2 Å². The van der Waals surface area contributed by atoms with Crippen LogP contribution in [0.25, 0.3) is 6.08 Å². The minimum atomic E-state index is -0.446. The third kappa shape index (κ3) is 6.23. The molecule has 180 valence electrons. The fraction of sp³-hybridized carbons (Fsp3) is 0.0833. The number of hydrogen-bond acceptors (Lipinski definition) is 4. The van der Waals surface area contributed by atoms with E-state index in [2.05, 4.69) is 0 Å². The molecule has 4 nitrogen and oxygen atoms in total. The first kappa shape index (κ1) is 26.5. The van der Waals surface area contributed by atoms with E-state index in [1.165, 1.54) is 0 Å². The number of rotatable bonds is 6. The summed E-state index contributed by atoms with van der Waals surface area (Å²) in [7, 11) is 0. The zero-order chi connectivity index (χ0) is 25.3. The highest BCUT2D eigenvalue weighted by atomic mass is 35.5. The summed E-state index contributed by atoms with van der Waals surface area (Å²) in [6.45, 7) is 0.197. The van der Waals surface area contributed by atoms with Crippen LogP contribution >= 0.6 is 81.4 Å². The summed E-state index contributed by atoms with van der Waals surface area (Å²) in [5, 5.41) is 1.77. The van der Waals surface area contributed by atoms with Gasteiger partial charge in [-0.1, -0.05) is 81.7 Å². The van der Waals surface area contributed by atoms with Gasteiger partial charge in [0, 0.05) is 10.0 Å². The lowest BCUT2D eigenvalue weighted by atomic mass is 10.2. The predicted octanol–water partition coefficient (Wildman–Crippen LogP) is 9.42. The second-order valence-corrected chi connectivity index (χ2v) is 10.8. The van der Waals surface area contributed by atoms with Gasteiger partial charge in [-0.15, -0.1) is 0 Å². The van der Waals surface area contributed by atoms with Gasteiger partial charge in [0.15, 0.2) is 5.75 Å². The average Bonchev–Trinajstić information content (AvgIpc) is 3.04. The Hall–Kier alpha value is -1.57. The van der Waals surface area contributed by atoms with Gasteiger partial charge >= 0.3 is 0 Å². The summed E-state index contributed by atoms with van der Waals surface area (Å²) in [6.07, 6.45) is 1.55. The van der Waals surface area contributed by atoms with E-state index in [0.717, 1.165) is 22.2 Å². The van der Waals surface area contributed by atoms with Crippen molar-refractivity contribution in [3.63, 3.8) is 0 Å². The lowest BCUT2D eigenvalue weighted by Crippen LogP contribution is -2.27. The highest BCUT2D eigenvalue weighted by Crippen LogP contribution is 2.38. The molecule has 0 bridgehead atoms. The Morgan fingerprint density at radius 1 is 0.800 bits per heavy atom. The van der Waals surface area contributed by atoms with Crippen LogP contribution in [-0.2, 0) is 17.9 Å². The van der Waals surface area contributed by atoms with E-state index >= 15 is 0 Å². The van der Waals surface area contributed by atoms with Gasteiger partial charge in [-0.25, -0.2) is 0 Å². The molecule has 3 aromatic carbocycles. The number of ether oxygens (including phenoxy) is 1. The largest absolute Gasteiger partial charge is 0.486 e. The van der Waals surface area contributed by atoms with Gasteiger partial charge in [-0.3, -0.25) is 14.5 Å². The molecule has 11 heteroatoms. The smallest absolute Gasteiger partial charge is 0.293 e. The number of benzene rings is 3. The van der Waals surface area contributed by atoms with Crippen molar-refractivity contribution >= 4 is 98.6 Å². The molecule has 3 aromatic rings. The Kier molecular flexibility index (Phi) is 8.49. The topological polar surface area (TPSA) is 46.6 Å². The minimum absolute atomic E-state index is 0.0288. The standard InChI is InChI=1S/C24H13Cl6NO3S/c25-15-3-2-14(17(27)9-15)10-31-23(32)21(35-24(31)33)8-13-6-19(29)22(20(30)7-13)34-11-12-1-4-16(26)18(28)5-12/h1-9H,10-11H2/b21-8-. The molecule has 2 amide bonds. The van der Waals surface area contributed by atoms with Crippen molar-refractivity contribution in [3.05, 3.63) is 100 Å².